The Morgan fingerprint density at radius 2 is 1.76 bits per heavy atom. The number of benzene rings is 1. The minimum atomic E-state index is 0.628. The maximum Gasteiger partial charge on any atom is 0.0424 e. The zero-order chi connectivity index (χ0) is 12.4. The molecule has 1 aromatic rings. The summed E-state index contributed by atoms with van der Waals surface area (Å²) in [6.45, 7) is 5.52. The van der Waals surface area contributed by atoms with Crippen LogP contribution in [0.4, 0.5) is 0 Å². The molecule has 1 N–H and O–H groups in total. The molecule has 0 aliphatic heterocycles. The number of halogens is 2. The molecule has 0 saturated heterocycles. The van der Waals surface area contributed by atoms with Gasteiger partial charge in [-0.25, -0.2) is 0 Å². The smallest absolute Gasteiger partial charge is 0.0424 e. The van der Waals surface area contributed by atoms with Crippen LogP contribution in [0.2, 0.25) is 10.0 Å². The molecule has 0 spiro atoms. The first-order valence-corrected chi connectivity index (χ1v) is 7.00. The zero-order valence-corrected chi connectivity index (χ0v) is 11.9. The molecule has 0 heterocycles. The maximum absolute atomic E-state index is 5.99. The molecule has 1 fully saturated rings. The van der Waals surface area contributed by atoms with E-state index in [1.807, 2.05) is 12.1 Å². The van der Waals surface area contributed by atoms with E-state index >= 15 is 0 Å². The van der Waals surface area contributed by atoms with Crippen molar-refractivity contribution in [2.45, 2.75) is 39.3 Å². The SMILES string of the molecule is CC1CCC(NCc2cc(Cl)cc(Cl)c2)C1C. The van der Waals surface area contributed by atoms with E-state index in [0.717, 1.165) is 23.9 Å². The van der Waals surface area contributed by atoms with Crippen molar-refractivity contribution in [2.24, 2.45) is 11.8 Å². The molecule has 3 unspecified atom stereocenters. The largest absolute Gasteiger partial charge is 0.310 e. The summed E-state index contributed by atoms with van der Waals surface area (Å²) in [7, 11) is 0. The van der Waals surface area contributed by atoms with Gasteiger partial charge < -0.3 is 5.32 Å². The Morgan fingerprint density at radius 1 is 1.12 bits per heavy atom. The Labute approximate surface area is 114 Å². The standard InChI is InChI=1S/C14H19Cl2N/c1-9-3-4-14(10(9)2)17-8-11-5-12(15)7-13(16)6-11/h5-7,9-10,14,17H,3-4,8H2,1-2H3. The summed E-state index contributed by atoms with van der Waals surface area (Å²) in [6, 6.07) is 6.35. The number of nitrogens with one attached hydrogen (secondary N) is 1. The molecule has 2 rings (SSSR count). The lowest BCUT2D eigenvalue weighted by atomic mass is 9.98. The molecule has 17 heavy (non-hydrogen) atoms. The maximum atomic E-state index is 5.99. The van der Waals surface area contributed by atoms with E-state index in [0.29, 0.717) is 16.1 Å². The van der Waals surface area contributed by atoms with Crippen molar-refractivity contribution in [2.75, 3.05) is 0 Å². The van der Waals surface area contributed by atoms with Crippen LogP contribution < -0.4 is 5.32 Å². The predicted molar refractivity (Wildman–Crippen MR) is 74.7 cm³/mol. The normalized spacial score (nSPS) is 28.6. The average Bonchev–Trinajstić information content (AvgIpc) is 2.56. The third-order valence-corrected chi connectivity index (χ3v) is 4.39. The Balaban J connectivity index is 1.94. The van der Waals surface area contributed by atoms with Crippen LogP contribution in [0.25, 0.3) is 0 Å². The molecule has 1 saturated carbocycles. The molecule has 3 heteroatoms. The van der Waals surface area contributed by atoms with Gasteiger partial charge in [-0.1, -0.05) is 37.0 Å². The van der Waals surface area contributed by atoms with Crippen molar-refractivity contribution in [3.8, 4) is 0 Å². The van der Waals surface area contributed by atoms with E-state index in [2.05, 4.69) is 19.2 Å². The van der Waals surface area contributed by atoms with Crippen molar-refractivity contribution in [1.82, 2.24) is 5.32 Å². The van der Waals surface area contributed by atoms with E-state index in [9.17, 15) is 0 Å². The fraction of sp³-hybridized carbons (Fsp3) is 0.571. The second-order valence-corrected chi connectivity index (χ2v) is 6.05. The predicted octanol–water partition coefficient (Wildman–Crippen LogP) is 4.52. The van der Waals surface area contributed by atoms with Gasteiger partial charge in [-0.15, -0.1) is 0 Å². The topological polar surface area (TPSA) is 12.0 Å². The lowest BCUT2D eigenvalue weighted by Crippen LogP contribution is -2.31. The highest BCUT2D eigenvalue weighted by Crippen LogP contribution is 2.31. The first-order chi connectivity index (χ1) is 8.06. The quantitative estimate of drug-likeness (QED) is 0.853. The average molecular weight is 272 g/mol. The minimum Gasteiger partial charge on any atom is -0.310 e. The molecular formula is C14H19Cl2N. The number of rotatable bonds is 3. The Kier molecular flexibility index (Phi) is 4.35. The molecule has 94 valence electrons. The van der Waals surface area contributed by atoms with Gasteiger partial charge in [0, 0.05) is 22.6 Å². The lowest BCUT2D eigenvalue weighted by Gasteiger charge is -2.19. The van der Waals surface area contributed by atoms with Gasteiger partial charge in [0.05, 0.1) is 0 Å². The monoisotopic (exact) mass is 271 g/mol. The minimum absolute atomic E-state index is 0.628. The summed E-state index contributed by atoms with van der Waals surface area (Å²) in [4.78, 5) is 0. The summed E-state index contributed by atoms with van der Waals surface area (Å²) < 4.78 is 0. The van der Waals surface area contributed by atoms with Crippen LogP contribution in [0.15, 0.2) is 18.2 Å². The van der Waals surface area contributed by atoms with Gasteiger partial charge in [-0.3, -0.25) is 0 Å². The van der Waals surface area contributed by atoms with Crippen molar-refractivity contribution in [3.05, 3.63) is 33.8 Å². The lowest BCUT2D eigenvalue weighted by molar-refractivity contribution is 0.370. The second-order valence-electron chi connectivity index (χ2n) is 5.18. The van der Waals surface area contributed by atoms with Crippen LogP contribution >= 0.6 is 23.2 Å². The van der Waals surface area contributed by atoms with E-state index in [1.54, 1.807) is 6.07 Å². The summed E-state index contributed by atoms with van der Waals surface area (Å²) >= 11 is 12.0. The van der Waals surface area contributed by atoms with Gasteiger partial charge >= 0.3 is 0 Å². The van der Waals surface area contributed by atoms with Crippen LogP contribution in [0.5, 0.6) is 0 Å². The third-order valence-electron chi connectivity index (χ3n) is 3.96. The van der Waals surface area contributed by atoms with Crippen LogP contribution in [-0.4, -0.2) is 6.04 Å². The van der Waals surface area contributed by atoms with Gasteiger partial charge in [0.2, 0.25) is 0 Å². The van der Waals surface area contributed by atoms with E-state index in [4.69, 9.17) is 23.2 Å². The summed E-state index contributed by atoms with van der Waals surface area (Å²) in [5.41, 5.74) is 1.16. The molecule has 0 aromatic heterocycles. The zero-order valence-electron chi connectivity index (χ0n) is 10.3. The fourth-order valence-electron chi connectivity index (χ4n) is 2.61. The Morgan fingerprint density at radius 3 is 2.29 bits per heavy atom. The van der Waals surface area contributed by atoms with E-state index in [1.165, 1.54) is 12.8 Å². The number of hydrogen-bond acceptors (Lipinski definition) is 1. The molecule has 3 atom stereocenters. The van der Waals surface area contributed by atoms with Crippen LogP contribution in [-0.2, 0) is 6.54 Å². The second kappa shape index (κ2) is 5.60. The first kappa shape index (κ1) is 13.2. The van der Waals surface area contributed by atoms with Crippen molar-refractivity contribution < 1.29 is 0 Å². The molecule has 1 aliphatic rings. The van der Waals surface area contributed by atoms with Gasteiger partial charge in [-0.2, -0.15) is 0 Å². The van der Waals surface area contributed by atoms with Gasteiger partial charge in [0.25, 0.3) is 0 Å². The first-order valence-electron chi connectivity index (χ1n) is 6.24. The Bertz CT molecular complexity index is 372. The third kappa shape index (κ3) is 3.37. The summed E-state index contributed by atoms with van der Waals surface area (Å²) in [5, 5.41) is 5.04. The van der Waals surface area contributed by atoms with Crippen LogP contribution in [0, 0.1) is 11.8 Å². The summed E-state index contributed by atoms with van der Waals surface area (Å²) in [5.74, 6) is 1.58. The highest BCUT2D eigenvalue weighted by Gasteiger charge is 2.28. The van der Waals surface area contributed by atoms with Gasteiger partial charge in [0.1, 0.15) is 0 Å². The van der Waals surface area contributed by atoms with E-state index in [-0.39, 0.29) is 0 Å². The Hall–Kier alpha value is -0.240. The molecule has 0 amide bonds. The van der Waals surface area contributed by atoms with Crippen LogP contribution in [0.1, 0.15) is 32.3 Å². The molecular weight excluding hydrogens is 253 g/mol. The fourth-order valence-corrected chi connectivity index (χ4v) is 3.19. The molecule has 0 bridgehead atoms. The molecule has 1 aromatic carbocycles. The molecule has 1 nitrogen and oxygen atoms in total. The van der Waals surface area contributed by atoms with Gasteiger partial charge in [0.15, 0.2) is 0 Å². The van der Waals surface area contributed by atoms with Crippen LogP contribution in [0.3, 0.4) is 0 Å². The van der Waals surface area contributed by atoms with Crippen molar-refractivity contribution >= 4 is 23.2 Å². The van der Waals surface area contributed by atoms with Crippen molar-refractivity contribution in [3.63, 3.8) is 0 Å². The summed E-state index contributed by atoms with van der Waals surface area (Å²) in [6.07, 6.45) is 2.60. The molecule has 0 radical (unpaired) electrons. The van der Waals surface area contributed by atoms with E-state index < -0.39 is 0 Å². The highest BCUT2D eigenvalue weighted by atomic mass is 35.5. The molecule has 1 aliphatic carbocycles. The number of hydrogen-bond donors (Lipinski definition) is 1. The van der Waals surface area contributed by atoms with Gasteiger partial charge in [-0.05, 0) is 48.4 Å². The van der Waals surface area contributed by atoms with Crippen molar-refractivity contribution in [1.29, 1.82) is 0 Å². The highest BCUT2D eigenvalue weighted by molar-refractivity contribution is 6.34.